The molecule has 1 aliphatic rings. The molecule has 0 bridgehead atoms. The summed E-state index contributed by atoms with van der Waals surface area (Å²) < 4.78 is 15.0. The van der Waals surface area contributed by atoms with Crippen LogP contribution in [-0.2, 0) is 14.0 Å². The maximum absolute atomic E-state index is 12.6. The molecule has 2 heterocycles. The van der Waals surface area contributed by atoms with Crippen molar-refractivity contribution in [3.8, 4) is 0 Å². The van der Waals surface area contributed by atoms with E-state index < -0.39 is 25.8 Å². The molecule has 3 aromatic rings. The average Bonchev–Trinajstić information content (AvgIpc) is 3.28. The second kappa shape index (κ2) is 11.6. The topological polar surface area (TPSA) is 90.4 Å². The van der Waals surface area contributed by atoms with Crippen molar-refractivity contribution in [1.82, 2.24) is 9.55 Å². The van der Waals surface area contributed by atoms with Gasteiger partial charge in [-0.2, -0.15) is 0 Å². The summed E-state index contributed by atoms with van der Waals surface area (Å²) in [5.74, 6) is 0.559. The molecule has 3 atom stereocenters. The minimum Gasteiger partial charge on any atom is -0.405 e. The number of nitrogens with one attached hydrogen (secondary N) is 1. The number of nitrogens with zero attached hydrogens (tertiary/aromatic N) is 1. The highest BCUT2D eigenvalue weighted by molar-refractivity contribution is 8.13. The van der Waals surface area contributed by atoms with E-state index >= 15 is 0 Å². The summed E-state index contributed by atoms with van der Waals surface area (Å²) >= 11 is 1.26. The third-order valence-electron chi connectivity index (χ3n) is 7.20. The van der Waals surface area contributed by atoms with E-state index in [1.54, 1.807) is 20.0 Å². The first-order valence-corrected chi connectivity index (χ1v) is 15.8. The first kappa shape index (κ1) is 28.3. The number of benzene rings is 2. The number of carbonyl (C=O) groups excluding carboxylic acids is 1. The van der Waals surface area contributed by atoms with Crippen molar-refractivity contribution in [2.45, 2.75) is 58.4 Å². The van der Waals surface area contributed by atoms with Crippen molar-refractivity contribution in [2.24, 2.45) is 5.92 Å². The first-order valence-electron chi connectivity index (χ1n) is 12.9. The molecule has 9 heteroatoms. The van der Waals surface area contributed by atoms with Gasteiger partial charge in [-0.15, -0.1) is 0 Å². The van der Waals surface area contributed by atoms with Gasteiger partial charge in [0.25, 0.3) is 13.9 Å². The fourth-order valence-electron chi connectivity index (χ4n) is 5.30. The molecule has 1 N–H and O–H groups in total. The standard InChI is InChI=1S/C29H36N2O5SSi/c1-20-17-31(28(34)30-27(20)33)26-16-22(19-37-21(2)32)25(36-26)18-35-38(29(3,4)5,23-12-8-6-9-13-23)24-14-10-7-11-15-24/h6-15,17,22,25-26H,16,18-19H2,1-5H3,(H,30,33,34)/t22-,25-,26-/m1/s1. The maximum Gasteiger partial charge on any atom is 0.330 e. The minimum absolute atomic E-state index is 0.00810. The lowest BCUT2D eigenvalue weighted by Crippen LogP contribution is -2.67. The summed E-state index contributed by atoms with van der Waals surface area (Å²) in [4.78, 5) is 38.7. The van der Waals surface area contributed by atoms with E-state index in [4.69, 9.17) is 9.16 Å². The second-order valence-corrected chi connectivity index (χ2v) is 16.4. The van der Waals surface area contributed by atoms with Gasteiger partial charge in [0.2, 0.25) is 0 Å². The van der Waals surface area contributed by atoms with Crippen LogP contribution < -0.4 is 21.6 Å². The van der Waals surface area contributed by atoms with Gasteiger partial charge in [0.15, 0.2) is 5.12 Å². The van der Waals surface area contributed by atoms with Gasteiger partial charge < -0.3 is 9.16 Å². The molecule has 1 aromatic heterocycles. The Morgan fingerprint density at radius 3 is 2.18 bits per heavy atom. The van der Waals surface area contributed by atoms with Gasteiger partial charge in [0.05, 0.1) is 12.7 Å². The molecule has 0 amide bonds. The average molecular weight is 553 g/mol. The molecule has 0 radical (unpaired) electrons. The summed E-state index contributed by atoms with van der Waals surface area (Å²) in [5.41, 5.74) is -0.466. The van der Waals surface area contributed by atoms with Crippen LogP contribution in [0.3, 0.4) is 0 Å². The number of aromatic amines is 1. The molecule has 0 aliphatic carbocycles. The first-order chi connectivity index (χ1) is 18.0. The number of rotatable bonds is 8. The number of carbonyl (C=O) groups is 1. The number of aryl methyl sites for hydroxylation is 1. The van der Waals surface area contributed by atoms with Crippen molar-refractivity contribution in [2.75, 3.05) is 12.4 Å². The zero-order valence-corrected chi connectivity index (χ0v) is 24.4. The molecule has 1 saturated heterocycles. The predicted molar refractivity (Wildman–Crippen MR) is 155 cm³/mol. The van der Waals surface area contributed by atoms with Crippen LogP contribution in [0.2, 0.25) is 5.04 Å². The SMILES string of the molecule is CC(=O)SC[C@H]1C[C@H](n2cc(C)c(=O)[nH]c2=O)O[C@@H]1CO[Si](c1ccccc1)(c1ccccc1)C(C)(C)C. The molecule has 2 aromatic carbocycles. The van der Waals surface area contributed by atoms with Crippen molar-refractivity contribution in [3.05, 3.63) is 93.3 Å². The van der Waals surface area contributed by atoms with Crippen LogP contribution in [-0.4, -0.2) is 41.4 Å². The Bertz CT molecular complexity index is 1330. The molecular formula is C29H36N2O5SSi. The summed E-state index contributed by atoms with van der Waals surface area (Å²) in [5, 5.41) is 2.20. The molecule has 4 rings (SSSR count). The molecular weight excluding hydrogens is 516 g/mol. The molecule has 38 heavy (non-hydrogen) atoms. The van der Waals surface area contributed by atoms with E-state index in [1.165, 1.54) is 26.7 Å². The molecule has 202 valence electrons. The van der Waals surface area contributed by atoms with E-state index in [-0.39, 0.29) is 22.2 Å². The number of thioether (sulfide) groups is 1. The lowest BCUT2D eigenvalue weighted by atomic mass is 10.0. The largest absolute Gasteiger partial charge is 0.405 e. The van der Waals surface area contributed by atoms with E-state index in [1.807, 2.05) is 12.1 Å². The van der Waals surface area contributed by atoms with Crippen LogP contribution in [0.25, 0.3) is 0 Å². The number of H-pyrrole nitrogens is 1. The Morgan fingerprint density at radius 2 is 1.66 bits per heavy atom. The molecule has 7 nitrogen and oxygen atoms in total. The highest BCUT2D eigenvalue weighted by atomic mass is 32.2. The Hall–Kier alpha value is -2.72. The van der Waals surface area contributed by atoms with Crippen LogP contribution in [0.1, 0.15) is 45.9 Å². The van der Waals surface area contributed by atoms with Crippen LogP contribution in [0.5, 0.6) is 0 Å². The number of ether oxygens (including phenoxy) is 1. The minimum atomic E-state index is -2.79. The molecule has 1 fully saturated rings. The molecule has 0 saturated carbocycles. The van der Waals surface area contributed by atoms with Gasteiger partial charge in [0.1, 0.15) is 6.23 Å². The number of hydrogen-bond donors (Lipinski definition) is 1. The van der Waals surface area contributed by atoms with Crippen molar-refractivity contribution in [1.29, 1.82) is 0 Å². The Kier molecular flexibility index (Phi) is 8.61. The van der Waals surface area contributed by atoms with Gasteiger partial charge in [-0.25, -0.2) is 4.79 Å². The van der Waals surface area contributed by atoms with E-state index in [0.717, 1.165) is 0 Å². The van der Waals surface area contributed by atoms with Crippen LogP contribution in [0.15, 0.2) is 76.4 Å². The summed E-state index contributed by atoms with van der Waals surface area (Å²) in [6.07, 6.45) is 1.21. The van der Waals surface area contributed by atoms with Crippen molar-refractivity contribution in [3.63, 3.8) is 0 Å². The highest BCUT2D eigenvalue weighted by Gasteiger charge is 2.51. The van der Waals surface area contributed by atoms with Crippen LogP contribution >= 0.6 is 11.8 Å². The zero-order valence-electron chi connectivity index (χ0n) is 22.6. The van der Waals surface area contributed by atoms with E-state index in [2.05, 4.69) is 74.3 Å². The van der Waals surface area contributed by atoms with E-state index in [9.17, 15) is 14.4 Å². The summed E-state index contributed by atoms with van der Waals surface area (Å²) in [6.45, 7) is 10.2. The lowest BCUT2D eigenvalue weighted by molar-refractivity contribution is -0.109. The van der Waals surface area contributed by atoms with E-state index in [0.29, 0.717) is 24.3 Å². The fourth-order valence-corrected chi connectivity index (χ4v) is 10.7. The van der Waals surface area contributed by atoms with Gasteiger partial charge in [-0.05, 0) is 28.8 Å². The highest BCUT2D eigenvalue weighted by Crippen LogP contribution is 2.39. The van der Waals surface area contributed by atoms with Crippen LogP contribution in [0.4, 0.5) is 0 Å². The van der Waals surface area contributed by atoms with Gasteiger partial charge in [0, 0.05) is 30.4 Å². The molecule has 1 aliphatic heterocycles. The monoisotopic (exact) mass is 552 g/mol. The van der Waals surface area contributed by atoms with Gasteiger partial charge in [-0.1, -0.05) is 93.2 Å². The van der Waals surface area contributed by atoms with Crippen LogP contribution in [0, 0.1) is 12.8 Å². The maximum atomic E-state index is 12.6. The van der Waals surface area contributed by atoms with Gasteiger partial charge >= 0.3 is 5.69 Å². The third-order valence-corrected chi connectivity index (χ3v) is 13.2. The number of aromatic nitrogens is 2. The zero-order chi connectivity index (χ0) is 27.5. The quantitative estimate of drug-likeness (QED) is 0.430. The van der Waals surface area contributed by atoms with Crippen molar-refractivity contribution < 1.29 is 14.0 Å². The normalized spacial score (nSPS) is 20.0. The van der Waals surface area contributed by atoms with Gasteiger partial charge in [-0.3, -0.25) is 19.1 Å². The summed E-state index contributed by atoms with van der Waals surface area (Å²) in [7, 11) is -2.79. The Labute approximate surface area is 228 Å². The second-order valence-electron chi connectivity index (χ2n) is 10.9. The summed E-state index contributed by atoms with van der Waals surface area (Å²) in [6, 6.07) is 20.8. The lowest BCUT2D eigenvalue weighted by Gasteiger charge is -2.43. The fraction of sp³-hybridized carbons (Fsp3) is 0.414. The Balaban J connectivity index is 1.70. The number of hydrogen-bond acceptors (Lipinski definition) is 6. The third kappa shape index (κ3) is 5.81. The smallest absolute Gasteiger partial charge is 0.330 e. The predicted octanol–water partition coefficient (Wildman–Crippen LogP) is 3.61. The van der Waals surface area contributed by atoms with Crippen molar-refractivity contribution >= 4 is 35.6 Å². The molecule has 0 unspecified atom stereocenters. The Morgan fingerprint density at radius 1 is 1.08 bits per heavy atom. The molecule has 0 spiro atoms.